The van der Waals surface area contributed by atoms with Gasteiger partial charge in [0.15, 0.2) is 11.6 Å². The Morgan fingerprint density at radius 2 is 2.00 bits per heavy atom. The molecule has 0 saturated carbocycles. The highest BCUT2D eigenvalue weighted by Gasteiger charge is 2.14. The summed E-state index contributed by atoms with van der Waals surface area (Å²) in [7, 11) is 1.59. The summed E-state index contributed by atoms with van der Waals surface area (Å²) < 4.78 is 5.43. The number of halogens is 2. The summed E-state index contributed by atoms with van der Waals surface area (Å²) in [6.07, 6.45) is 2.49. The van der Waals surface area contributed by atoms with Crippen LogP contribution in [0.2, 0.25) is 10.0 Å². The SMILES string of the molecule is CCCNc1ncnc(-c2ccc(Cl)c(Cl)c2)c1OC. The van der Waals surface area contributed by atoms with Gasteiger partial charge >= 0.3 is 0 Å². The van der Waals surface area contributed by atoms with E-state index in [1.54, 1.807) is 19.2 Å². The molecule has 0 bridgehead atoms. The highest BCUT2D eigenvalue weighted by molar-refractivity contribution is 6.42. The van der Waals surface area contributed by atoms with E-state index in [1.807, 2.05) is 6.07 Å². The summed E-state index contributed by atoms with van der Waals surface area (Å²) in [5, 5.41) is 4.20. The van der Waals surface area contributed by atoms with Crippen molar-refractivity contribution in [3.63, 3.8) is 0 Å². The zero-order chi connectivity index (χ0) is 14.5. The van der Waals surface area contributed by atoms with Crippen molar-refractivity contribution in [2.75, 3.05) is 19.0 Å². The van der Waals surface area contributed by atoms with Crippen LogP contribution in [0.3, 0.4) is 0 Å². The molecule has 0 spiro atoms. The first-order valence-corrected chi connectivity index (χ1v) is 7.01. The minimum Gasteiger partial charge on any atom is -0.491 e. The van der Waals surface area contributed by atoms with E-state index in [-0.39, 0.29) is 0 Å². The molecule has 2 aromatic rings. The van der Waals surface area contributed by atoms with E-state index in [0.29, 0.717) is 27.3 Å². The van der Waals surface area contributed by atoms with Crippen molar-refractivity contribution in [1.29, 1.82) is 0 Å². The molecule has 1 heterocycles. The number of rotatable bonds is 5. The molecular weight excluding hydrogens is 297 g/mol. The average Bonchev–Trinajstić information content (AvgIpc) is 2.47. The van der Waals surface area contributed by atoms with Crippen LogP contribution >= 0.6 is 23.2 Å². The predicted molar refractivity (Wildman–Crippen MR) is 82.8 cm³/mol. The summed E-state index contributed by atoms with van der Waals surface area (Å²) in [5.74, 6) is 1.27. The van der Waals surface area contributed by atoms with Crippen molar-refractivity contribution in [1.82, 2.24) is 9.97 Å². The average molecular weight is 312 g/mol. The van der Waals surface area contributed by atoms with Crippen LogP contribution in [-0.4, -0.2) is 23.6 Å². The molecule has 20 heavy (non-hydrogen) atoms. The number of benzene rings is 1. The second-order valence-corrected chi connectivity index (χ2v) is 4.97. The minimum atomic E-state index is 0.480. The first kappa shape index (κ1) is 14.9. The van der Waals surface area contributed by atoms with E-state index in [9.17, 15) is 0 Å². The van der Waals surface area contributed by atoms with Crippen LogP contribution in [-0.2, 0) is 0 Å². The van der Waals surface area contributed by atoms with Crippen molar-refractivity contribution in [2.45, 2.75) is 13.3 Å². The number of ether oxygens (including phenoxy) is 1. The van der Waals surface area contributed by atoms with Crippen LogP contribution in [0.1, 0.15) is 13.3 Å². The van der Waals surface area contributed by atoms with Gasteiger partial charge in [-0.3, -0.25) is 0 Å². The quantitative estimate of drug-likeness (QED) is 0.895. The van der Waals surface area contributed by atoms with E-state index >= 15 is 0 Å². The minimum absolute atomic E-state index is 0.480. The van der Waals surface area contributed by atoms with Crippen molar-refractivity contribution in [2.24, 2.45) is 0 Å². The van der Waals surface area contributed by atoms with Gasteiger partial charge in [-0.25, -0.2) is 9.97 Å². The number of hydrogen-bond donors (Lipinski definition) is 1. The zero-order valence-corrected chi connectivity index (χ0v) is 12.8. The van der Waals surface area contributed by atoms with E-state index in [4.69, 9.17) is 27.9 Å². The summed E-state index contributed by atoms with van der Waals surface area (Å²) in [4.78, 5) is 8.49. The molecule has 1 N–H and O–H groups in total. The Labute approximate surface area is 128 Å². The van der Waals surface area contributed by atoms with Gasteiger partial charge in [0, 0.05) is 12.1 Å². The lowest BCUT2D eigenvalue weighted by Gasteiger charge is -2.13. The predicted octanol–water partition coefficient (Wildman–Crippen LogP) is 4.28. The van der Waals surface area contributed by atoms with Gasteiger partial charge in [-0.15, -0.1) is 0 Å². The van der Waals surface area contributed by atoms with Gasteiger partial charge in [0.25, 0.3) is 0 Å². The highest BCUT2D eigenvalue weighted by Crippen LogP contribution is 2.35. The van der Waals surface area contributed by atoms with Crippen LogP contribution in [0.4, 0.5) is 5.82 Å². The summed E-state index contributed by atoms with van der Waals surface area (Å²) in [6.45, 7) is 2.90. The maximum atomic E-state index is 6.05. The molecular formula is C14H15Cl2N3O. The standard InChI is InChI=1S/C14H15Cl2N3O/c1-3-6-17-14-13(20-2)12(18-8-19-14)9-4-5-10(15)11(16)7-9/h4-5,7-8H,3,6H2,1-2H3,(H,17,18,19). The third-order valence-corrected chi connectivity index (χ3v) is 3.48. The molecule has 1 aromatic carbocycles. The number of nitrogens with one attached hydrogen (secondary N) is 1. The van der Waals surface area contributed by atoms with Crippen molar-refractivity contribution in [3.8, 4) is 17.0 Å². The molecule has 0 amide bonds. The Morgan fingerprint density at radius 1 is 1.20 bits per heavy atom. The lowest BCUT2D eigenvalue weighted by Crippen LogP contribution is -2.05. The van der Waals surface area contributed by atoms with Gasteiger partial charge in [0.1, 0.15) is 12.0 Å². The molecule has 0 radical (unpaired) electrons. The first-order valence-electron chi connectivity index (χ1n) is 6.25. The summed E-state index contributed by atoms with van der Waals surface area (Å²) >= 11 is 12.0. The Bertz CT molecular complexity index is 605. The molecule has 2 rings (SSSR count). The van der Waals surface area contributed by atoms with Crippen molar-refractivity contribution in [3.05, 3.63) is 34.6 Å². The topological polar surface area (TPSA) is 47.0 Å². The van der Waals surface area contributed by atoms with Gasteiger partial charge in [0.05, 0.1) is 17.2 Å². The molecule has 0 aliphatic carbocycles. The first-order chi connectivity index (χ1) is 9.67. The molecule has 4 nitrogen and oxygen atoms in total. The monoisotopic (exact) mass is 311 g/mol. The van der Waals surface area contributed by atoms with Gasteiger partial charge < -0.3 is 10.1 Å². The Morgan fingerprint density at radius 3 is 2.65 bits per heavy atom. The molecule has 0 fully saturated rings. The lowest BCUT2D eigenvalue weighted by molar-refractivity contribution is 0.414. The molecule has 0 aliphatic heterocycles. The highest BCUT2D eigenvalue weighted by atomic mass is 35.5. The van der Waals surface area contributed by atoms with Crippen LogP contribution < -0.4 is 10.1 Å². The smallest absolute Gasteiger partial charge is 0.187 e. The van der Waals surface area contributed by atoms with Crippen LogP contribution in [0.25, 0.3) is 11.3 Å². The van der Waals surface area contributed by atoms with E-state index < -0.39 is 0 Å². The van der Waals surface area contributed by atoms with Gasteiger partial charge in [-0.05, 0) is 18.6 Å². The third kappa shape index (κ3) is 3.14. The van der Waals surface area contributed by atoms with Gasteiger partial charge in [0.2, 0.25) is 0 Å². The van der Waals surface area contributed by atoms with Gasteiger partial charge in [-0.1, -0.05) is 36.2 Å². The lowest BCUT2D eigenvalue weighted by atomic mass is 10.1. The molecule has 0 unspecified atom stereocenters. The number of nitrogens with zero attached hydrogens (tertiary/aromatic N) is 2. The van der Waals surface area contributed by atoms with Crippen molar-refractivity contribution >= 4 is 29.0 Å². The van der Waals surface area contributed by atoms with Gasteiger partial charge in [-0.2, -0.15) is 0 Å². The molecule has 6 heteroatoms. The maximum Gasteiger partial charge on any atom is 0.187 e. The fourth-order valence-corrected chi connectivity index (χ4v) is 2.08. The fourth-order valence-electron chi connectivity index (χ4n) is 1.79. The Kier molecular flexibility index (Phi) is 5.04. The Hall–Kier alpha value is -1.52. The van der Waals surface area contributed by atoms with Crippen LogP contribution in [0.15, 0.2) is 24.5 Å². The molecule has 0 atom stereocenters. The second-order valence-electron chi connectivity index (χ2n) is 4.16. The molecule has 1 aromatic heterocycles. The van der Waals surface area contributed by atoms with E-state index in [2.05, 4.69) is 22.2 Å². The second kappa shape index (κ2) is 6.77. The van der Waals surface area contributed by atoms with Crippen molar-refractivity contribution < 1.29 is 4.74 Å². The summed E-state index contributed by atoms with van der Waals surface area (Å²) in [6, 6.07) is 5.35. The Balaban J connectivity index is 2.47. The molecule has 0 aliphatic rings. The number of hydrogen-bond acceptors (Lipinski definition) is 4. The number of aromatic nitrogens is 2. The normalized spacial score (nSPS) is 10.4. The fraction of sp³-hybridized carbons (Fsp3) is 0.286. The third-order valence-electron chi connectivity index (χ3n) is 2.74. The number of anilines is 1. The van der Waals surface area contributed by atoms with E-state index in [1.165, 1.54) is 6.33 Å². The number of methoxy groups -OCH3 is 1. The zero-order valence-electron chi connectivity index (χ0n) is 11.3. The molecule has 0 saturated heterocycles. The van der Waals surface area contributed by atoms with Crippen LogP contribution in [0.5, 0.6) is 5.75 Å². The van der Waals surface area contributed by atoms with Crippen LogP contribution in [0, 0.1) is 0 Å². The summed E-state index contributed by atoms with van der Waals surface area (Å²) in [5.41, 5.74) is 1.51. The molecule has 106 valence electrons. The van der Waals surface area contributed by atoms with E-state index in [0.717, 1.165) is 18.5 Å². The largest absolute Gasteiger partial charge is 0.491 e. The maximum absolute atomic E-state index is 6.05.